The standard InChI is InChI=1S/C12H10N4O3S2/c1-4-5-16-11(17)8-7(6-13-16)9-10(15(8)2)14-12(20-9)21(3,18)19/h1,6H,5H2,2-3H3. The quantitative estimate of drug-likeness (QED) is 0.637. The molecule has 0 saturated heterocycles. The lowest BCUT2D eigenvalue weighted by Crippen LogP contribution is -2.23. The van der Waals surface area contributed by atoms with Crippen LogP contribution in [0.4, 0.5) is 0 Å². The van der Waals surface area contributed by atoms with Crippen molar-refractivity contribution in [1.82, 2.24) is 19.3 Å². The maximum Gasteiger partial charge on any atom is 0.292 e. The third kappa shape index (κ3) is 1.95. The predicted molar refractivity (Wildman–Crippen MR) is 80.1 cm³/mol. The van der Waals surface area contributed by atoms with E-state index in [0.717, 1.165) is 17.6 Å². The van der Waals surface area contributed by atoms with E-state index in [-0.39, 0.29) is 16.4 Å². The zero-order valence-corrected chi connectivity index (χ0v) is 12.8. The van der Waals surface area contributed by atoms with E-state index < -0.39 is 9.84 Å². The molecule has 0 saturated carbocycles. The lowest BCUT2D eigenvalue weighted by molar-refractivity contribution is 0.601. The van der Waals surface area contributed by atoms with Crippen LogP contribution < -0.4 is 5.56 Å². The highest BCUT2D eigenvalue weighted by Gasteiger charge is 2.21. The molecule has 7 nitrogen and oxygen atoms in total. The molecular weight excluding hydrogens is 312 g/mol. The molecule has 0 bridgehead atoms. The van der Waals surface area contributed by atoms with Crippen LogP contribution in [0.3, 0.4) is 0 Å². The minimum Gasteiger partial charge on any atom is -0.323 e. The Kier molecular flexibility index (Phi) is 2.89. The molecule has 0 atom stereocenters. The molecule has 21 heavy (non-hydrogen) atoms. The van der Waals surface area contributed by atoms with Gasteiger partial charge in [0, 0.05) is 18.7 Å². The molecule has 0 aliphatic rings. The minimum absolute atomic E-state index is 0.0257. The molecule has 3 rings (SSSR count). The van der Waals surface area contributed by atoms with Gasteiger partial charge in [-0.25, -0.2) is 18.1 Å². The summed E-state index contributed by atoms with van der Waals surface area (Å²) in [5.41, 5.74) is 0.542. The SMILES string of the molecule is C#CCn1ncc2c3sc(S(C)(=O)=O)nc3n(C)c2c1=O. The number of rotatable bonds is 2. The Morgan fingerprint density at radius 2 is 2.19 bits per heavy atom. The van der Waals surface area contributed by atoms with Gasteiger partial charge in [0.1, 0.15) is 12.1 Å². The molecule has 3 aromatic heterocycles. The first-order valence-corrected chi connectivity index (χ1v) is 8.54. The van der Waals surface area contributed by atoms with E-state index in [1.54, 1.807) is 11.6 Å². The predicted octanol–water partition coefficient (Wildman–Crippen LogP) is 0.381. The molecule has 3 heterocycles. The summed E-state index contributed by atoms with van der Waals surface area (Å²) in [6.07, 6.45) is 7.82. The first-order chi connectivity index (χ1) is 9.84. The van der Waals surface area contributed by atoms with Crippen LogP contribution in [0.5, 0.6) is 0 Å². The van der Waals surface area contributed by atoms with Crippen molar-refractivity contribution < 1.29 is 8.42 Å². The zero-order valence-electron chi connectivity index (χ0n) is 11.2. The molecule has 0 N–H and O–H groups in total. The number of aromatic nitrogens is 4. The molecule has 0 radical (unpaired) electrons. The van der Waals surface area contributed by atoms with Gasteiger partial charge < -0.3 is 4.57 Å². The van der Waals surface area contributed by atoms with Gasteiger partial charge in [-0.3, -0.25) is 4.79 Å². The third-order valence-electron chi connectivity index (χ3n) is 3.06. The Hall–Kier alpha value is -2.18. The van der Waals surface area contributed by atoms with Crippen LogP contribution in [-0.2, 0) is 23.4 Å². The zero-order chi connectivity index (χ0) is 15.4. The summed E-state index contributed by atoms with van der Waals surface area (Å²) in [6.45, 7) is 0.0790. The molecule has 0 fully saturated rings. The minimum atomic E-state index is -3.38. The Bertz CT molecular complexity index is 1080. The Labute approximate surface area is 123 Å². The van der Waals surface area contributed by atoms with E-state index in [9.17, 15) is 13.2 Å². The number of aryl methyl sites for hydroxylation is 1. The van der Waals surface area contributed by atoms with Crippen molar-refractivity contribution in [3.8, 4) is 12.3 Å². The highest BCUT2D eigenvalue weighted by molar-refractivity contribution is 7.92. The molecule has 108 valence electrons. The summed E-state index contributed by atoms with van der Waals surface area (Å²) in [5.74, 6) is 2.36. The molecule has 0 unspecified atom stereocenters. The van der Waals surface area contributed by atoms with Crippen LogP contribution in [0.1, 0.15) is 0 Å². The fourth-order valence-electron chi connectivity index (χ4n) is 2.13. The van der Waals surface area contributed by atoms with Gasteiger partial charge in [-0.2, -0.15) is 5.10 Å². The molecule has 0 aliphatic carbocycles. The summed E-state index contributed by atoms with van der Waals surface area (Å²) in [7, 11) is -1.72. The summed E-state index contributed by atoms with van der Waals surface area (Å²) in [6, 6.07) is 0. The summed E-state index contributed by atoms with van der Waals surface area (Å²) in [4.78, 5) is 16.4. The first kappa shape index (κ1) is 13.8. The van der Waals surface area contributed by atoms with Gasteiger partial charge in [0.2, 0.25) is 14.2 Å². The van der Waals surface area contributed by atoms with E-state index in [1.165, 1.54) is 10.9 Å². The third-order valence-corrected chi connectivity index (χ3v) is 5.82. The largest absolute Gasteiger partial charge is 0.323 e. The van der Waals surface area contributed by atoms with Crippen LogP contribution in [0.25, 0.3) is 21.3 Å². The average molecular weight is 322 g/mol. The number of terminal acetylenes is 1. The molecule has 0 aromatic carbocycles. The lowest BCUT2D eigenvalue weighted by atomic mass is 10.3. The van der Waals surface area contributed by atoms with Gasteiger partial charge in [0.25, 0.3) is 5.56 Å². The fourth-order valence-corrected chi connectivity index (χ4v) is 4.08. The fraction of sp³-hybridized carbons (Fsp3) is 0.250. The maximum absolute atomic E-state index is 12.3. The van der Waals surface area contributed by atoms with Crippen molar-refractivity contribution in [3.05, 3.63) is 16.6 Å². The van der Waals surface area contributed by atoms with Gasteiger partial charge in [0.15, 0.2) is 5.65 Å². The van der Waals surface area contributed by atoms with Crippen molar-refractivity contribution in [1.29, 1.82) is 0 Å². The number of hydrogen-bond donors (Lipinski definition) is 0. The number of nitrogens with zero attached hydrogens (tertiary/aromatic N) is 4. The summed E-state index contributed by atoms with van der Waals surface area (Å²) < 4.78 is 26.6. The Morgan fingerprint density at radius 1 is 1.48 bits per heavy atom. The highest BCUT2D eigenvalue weighted by Crippen LogP contribution is 2.32. The van der Waals surface area contributed by atoms with Crippen molar-refractivity contribution in [2.24, 2.45) is 7.05 Å². The monoisotopic (exact) mass is 322 g/mol. The second-order valence-electron chi connectivity index (χ2n) is 4.54. The number of thiazole rings is 1. The number of sulfone groups is 1. The Balaban J connectivity index is 2.44. The van der Waals surface area contributed by atoms with Gasteiger partial charge in [0.05, 0.1) is 10.9 Å². The van der Waals surface area contributed by atoms with Crippen molar-refractivity contribution in [3.63, 3.8) is 0 Å². The molecule has 9 heteroatoms. The van der Waals surface area contributed by atoms with Crippen LogP contribution in [0, 0.1) is 12.3 Å². The van der Waals surface area contributed by atoms with Crippen LogP contribution in [0.2, 0.25) is 0 Å². The average Bonchev–Trinajstić information content (AvgIpc) is 2.93. The number of fused-ring (bicyclic) bond motifs is 3. The Morgan fingerprint density at radius 3 is 2.81 bits per heavy atom. The second kappa shape index (κ2) is 4.41. The molecule has 0 spiro atoms. The van der Waals surface area contributed by atoms with Crippen LogP contribution in [-0.4, -0.2) is 34.0 Å². The van der Waals surface area contributed by atoms with Gasteiger partial charge in [-0.05, 0) is 0 Å². The van der Waals surface area contributed by atoms with E-state index in [4.69, 9.17) is 6.42 Å². The highest BCUT2D eigenvalue weighted by atomic mass is 32.2. The van der Waals surface area contributed by atoms with Gasteiger partial charge in [-0.15, -0.1) is 17.8 Å². The van der Waals surface area contributed by atoms with Gasteiger partial charge >= 0.3 is 0 Å². The van der Waals surface area contributed by atoms with E-state index in [0.29, 0.717) is 21.3 Å². The second-order valence-corrected chi connectivity index (χ2v) is 7.73. The smallest absolute Gasteiger partial charge is 0.292 e. The van der Waals surface area contributed by atoms with Crippen LogP contribution >= 0.6 is 11.3 Å². The summed E-state index contributed by atoms with van der Waals surface area (Å²) >= 11 is 1.03. The van der Waals surface area contributed by atoms with Gasteiger partial charge in [-0.1, -0.05) is 5.92 Å². The molecule has 0 aliphatic heterocycles. The topological polar surface area (TPSA) is 86.8 Å². The molecular formula is C12H10N4O3S2. The molecule has 0 amide bonds. The van der Waals surface area contributed by atoms with Crippen molar-refractivity contribution in [2.45, 2.75) is 10.9 Å². The maximum atomic E-state index is 12.3. The van der Waals surface area contributed by atoms with E-state index >= 15 is 0 Å². The van der Waals surface area contributed by atoms with Crippen molar-refractivity contribution >= 4 is 42.4 Å². The normalized spacial score (nSPS) is 12.0. The van der Waals surface area contributed by atoms with E-state index in [2.05, 4.69) is 16.0 Å². The summed E-state index contributed by atoms with van der Waals surface area (Å²) in [5, 5.41) is 4.59. The van der Waals surface area contributed by atoms with Crippen LogP contribution in [0.15, 0.2) is 15.3 Å². The van der Waals surface area contributed by atoms with Crippen molar-refractivity contribution in [2.75, 3.05) is 6.26 Å². The number of hydrogen-bond acceptors (Lipinski definition) is 6. The van der Waals surface area contributed by atoms with E-state index in [1.807, 2.05) is 0 Å². The molecule has 3 aromatic rings. The first-order valence-electron chi connectivity index (χ1n) is 5.83. The lowest BCUT2D eigenvalue weighted by Gasteiger charge is -2.01.